The van der Waals surface area contributed by atoms with Crippen molar-refractivity contribution in [3.05, 3.63) is 34.1 Å². The molecule has 21 heavy (non-hydrogen) atoms. The maximum atomic E-state index is 13.4. The zero-order chi connectivity index (χ0) is 15.4. The summed E-state index contributed by atoms with van der Waals surface area (Å²) >= 11 is 3.16. The standard InChI is InChI=1S/C16H22BrFN2O/c1-11(2)16(21)20-7-5-13(6-8-20)19-10-12-3-4-14(17)15(18)9-12/h3-4,9,11,13,19H,5-8,10H2,1-2H3. The van der Waals surface area contributed by atoms with Gasteiger partial charge in [-0.1, -0.05) is 19.9 Å². The molecule has 2 rings (SSSR count). The summed E-state index contributed by atoms with van der Waals surface area (Å²) in [6.45, 7) is 6.16. The van der Waals surface area contributed by atoms with E-state index >= 15 is 0 Å². The lowest BCUT2D eigenvalue weighted by Gasteiger charge is -2.33. The van der Waals surface area contributed by atoms with Crippen LogP contribution in [0.5, 0.6) is 0 Å². The van der Waals surface area contributed by atoms with Crippen molar-refractivity contribution in [1.29, 1.82) is 0 Å². The normalized spacial score (nSPS) is 16.5. The monoisotopic (exact) mass is 356 g/mol. The van der Waals surface area contributed by atoms with Gasteiger partial charge in [-0.15, -0.1) is 0 Å². The van der Waals surface area contributed by atoms with Crippen LogP contribution in [0.3, 0.4) is 0 Å². The van der Waals surface area contributed by atoms with Crippen molar-refractivity contribution in [2.24, 2.45) is 5.92 Å². The van der Waals surface area contributed by atoms with Crippen LogP contribution >= 0.6 is 15.9 Å². The molecule has 1 N–H and O–H groups in total. The summed E-state index contributed by atoms with van der Waals surface area (Å²) in [6.07, 6.45) is 1.91. The van der Waals surface area contributed by atoms with Crippen LogP contribution in [0.4, 0.5) is 4.39 Å². The summed E-state index contributed by atoms with van der Waals surface area (Å²) in [5.74, 6) is 0.0790. The Balaban J connectivity index is 1.78. The molecule has 1 aliphatic heterocycles. The van der Waals surface area contributed by atoms with Gasteiger partial charge in [0.1, 0.15) is 5.82 Å². The molecule has 0 aromatic heterocycles. The molecule has 0 spiro atoms. The van der Waals surface area contributed by atoms with Crippen LogP contribution in [0.2, 0.25) is 0 Å². The Morgan fingerprint density at radius 3 is 2.67 bits per heavy atom. The van der Waals surface area contributed by atoms with E-state index in [1.165, 1.54) is 0 Å². The van der Waals surface area contributed by atoms with E-state index < -0.39 is 0 Å². The first-order chi connectivity index (χ1) is 9.97. The molecular weight excluding hydrogens is 335 g/mol. The summed E-state index contributed by atoms with van der Waals surface area (Å²) in [4.78, 5) is 13.9. The summed E-state index contributed by atoms with van der Waals surface area (Å²) in [6, 6.07) is 5.59. The Bertz CT molecular complexity index is 499. The second kappa shape index (κ2) is 7.36. The van der Waals surface area contributed by atoms with Crippen LogP contribution in [0.25, 0.3) is 0 Å². The summed E-state index contributed by atoms with van der Waals surface area (Å²) in [7, 11) is 0. The minimum absolute atomic E-state index is 0.0697. The molecule has 1 amide bonds. The minimum atomic E-state index is -0.230. The number of hydrogen-bond donors (Lipinski definition) is 1. The van der Waals surface area contributed by atoms with E-state index in [1.807, 2.05) is 24.8 Å². The zero-order valence-electron chi connectivity index (χ0n) is 12.5. The predicted octanol–water partition coefficient (Wildman–Crippen LogP) is 3.32. The minimum Gasteiger partial charge on any atom is -0.342 e. The molecule has 5 heteroatoms. The number of rotatable bonds is 4. The number of carbonyl (C=O) groups is 1. The van der Waals surface area contributed by atoms with E-state index in [4.69, 9.17) is 0 Å². The van der Waals surface area contributed by atoms with Gasteiger partial charge in [0.2, 0.25) is 5.91 Å². The van der Waals surface area contributed by atoms with Crippen LogP contribution in [0, 0.1) is 11.7 Å². The van der Waals surface area contributed by atoms with Crippen molar-refractivity contribution in [1.82, 2.24) is 10.2 Å². The fourth-order valence-electron chi connectivity index (χ4n) is 2.58. The summed E-state index contributed by atoms with van der Waals surface area (Å²) in [5.41, 5.74) is 0.941. The number of piperidine rings is 1. The van der Waals surface area contributed by atoms with Gasteiger partial charge < -0.3 is 10.2 Å². The highest BCUT2D eigenvalue weighted by molar-refractivity contribution is 9.10. The smallest absolute Gasteiger partial charge is 0.225 e. The van der Waals surface area contributed by atoms with Crippen LogP contribution < -0.4 is 5.32 Å². The van der Waals surface area contributed by atoms with Crippen LogP contribution in [-0.4, -0.2) is 29.9 Å². The van der Waals surface area contributed by atoms with Gasteiger partial charge in [-0.05, 0) is 46.5 Å². The van der Waals surface area contributed by atoms with Crippen LogP contribution in [-0.2, 0) is 11.3 Å². The molecule has 0 bridgehead atoms. The molecule has 0 saturated carbocycles. The molecule has 1 aromatic rings. The molecule has 1 aliphatic rings. The predicted molar refractivity (Wildman–Crippen MR) is 85.4 cm³/mol. The second-order valence-electron chi connectivity index (χ2n) is 5.88. The third-order valence-electron chi connectivity index (χ3n) is 3.88. The summed E-state index contributed by atoms with van der Waals surface area (Å²) < 4.78 is 13.9. The van der Waals surface area contributed by atoms with E-state index in [2.05, 4.69) is 21.2 Å². The fourth-order valence-corrected chi connectivity index (χ4v) is 2.83. The van der Waals surface area contributed by atoms with Crippen LogP contribution in [0.15, 0.2) is 22.7 Å². The number of nitrogens with zero attached hydrogens (tertiary/aromatic N) is 1. The van der Waals surface area contributed by atoms with E-state index in [-0.39, 0.29) is 17.6 Å². The van der Waals surface area contributed by atoms with E-state index in [0.717, 1.165) is 31.5 Å². The average Bonchev–Trinajstić information content (AvgIpc) is 2.48. The Morgan fingerprint density at radius 1 is 1.43 bits per heavy atom. The first-order valence-electron chi connectivity index (χ1n) is 7.43. The number of halogens is 2. The number of hydrogen-bond acceptors (Lipinski definition) is 2. The molecule has 1 fully saturated rings. The first kappa shape index (κ1) is 16.4. The third-order valence-corrected chi connectivity index (χ3v) is 4.52. The number of benzene rings is 1. The second-order valence-corrected chi connectivity index (χ2v) is 6.74. The van der Waals surface area contributed by atoms with Gasteiger partial charge in [0, 0.05) is 31.6 Å². The van der Waals surface area contributed by atoms with Gasteiger partial charge in [-0.25, -0.2) is 4.39 Å². The van der Waals surface area contributed by atoms with Crippen molar-refractivity contribution in [2.45, 2.75) is 39.3 Å². The Labute approximate surface area is 134 Å². The van der Waals surface area contributed by atoms with Crippen molar-refractivity contribution < 1.29 is 9.18 Å². The van der Waals surface area contributed by atoms with Gasteiger partial charge in [0.05, 0.1) is 4.47 Å². The number of carbonyl (C=O) groups excluding carboxylic acids is 1. The van der Waals surface area contributed by atoms with Crippen molar-refractivity contribution in [3.63, 3.8) is 0 Å². The Hall–Kier alpha value is -0.940. The van der Waals surface area contributed by atoms with E-state index in [0.29, 0.717) is 17.1 Å². The molecule has 116 valence electrons. The lowest BCUT2D eigenvalue weighted by atomic mass is 10.0. The van der Waals surface area contributed by atoms with Crippen molar-refractivity contribution in [3.8, 4) is 0 Å². The summed E-state index contributed by atoms with van der Waals surface area (Å²) in [5, 5.41) is 3.45. The Kier molecular flexibility index (Phi) is 5.76. The molecule has 1 heterocycles. The molecule has 0 radical (unpaired) electrons. The van der Waals surface area contributed by atoms with E-state index in [9.17, 15) is 9.18 Å². The quantitative estimate of drug-likeness (QED) is 0.897. The number of likely N-dealkylation sites (tertiary alicyclic amines) is 1. The third kappa shape index (κ3) is 4.51. The highest BCUT2D eigenvalue weighted by atomic mass is 79.9. The molecule has 1 aromatic carbocycles. The van der Waals surface area contributed by atoms with Gasteiger partial charge in [0.25, 0.3) is 0 Å². The first-order valence-corrected chi connectivity index (χ1v) is 8.22. The molecule has 3 nitrogen and oxygen atoms in total. The molecule has 0 atom stereocenters. The van der Waals surface area contributed by atoms with Crippen molar-refractivity contribution >= 4 is 21.8 Å². The highest BCUT2D eigenvalue weighted by Crippen LogP contribution is 2.17. The lowest BCUT2D eigenvalue weighted by Crippen LogP contribution is -2.45. The van der Waals surface area contributed by atoms with Gasteiger partial charge >= 0.3 is 0 Å². The van der Waals surface area contributed by atoms with Gasteiger partial charge in [-0.2, -0.15) is 0 Å². The van der Waals surface area contributed by atoms with Crippen molar-refractivity contribution in [2.75, 3.05) is 13.1 Å². The largest absolute Gasteiger partial charge is 0.342 e. The number of amides is 1. The Morgan fingerprint density at radius 2 is 2.10 bits per heavy atom. The average molecular weight is 357 g/mol. The maximum absolute atomic E-state index is 13.4. The van der Waals surface area contributed by atoms with E-state index in [1.54, 1.807) is 12.1 Å². The fraction of sp³-hybridized carbons (Fsp3) is 0.562. The number of nitrogens with one attached hydrogen (secondary N) is 1. The molecule has 1 saturated heterocycles. The topological polar surface area (TPSA) is 32.3 Å². The zero-order valence-corrected chi connectivity index (χ0v) is 14.1. The molecule has 0 unspecified atom stereocenters. The molecular formula is C16H22BrFN2O. The SMILES string of the molecule is CC(C)C(=O)N1CCC(NCc2ccc(Br)c(F)c2)CC1. The maximum Gasteiger partial charge on any atom is 0.225 e. The van der Waals surface area contributed by atoms with Gasteiger partial charge in [0.15, 0.2) is 0 Å². The molecule has 0 aliphatic carbocycles. The van der Waals surface area contributed by atoms with Gasteiger partial charge in [-0.3, -0.25) is 4.79 Å². The van der Waals surface area contributed by atoms with Crippen LogP contribution in [0.1, 0.15) is 32.3 Å². The lowest BCUT2D eigenvalue weighted by molar-refractivity contribution is -0.135. The highest BCUT2D eigenvalue weighted by Gasteiger charge is 2.23.